The lowest BCUT2D eigenvalue weighted by Crippen LogP contribution is -2.71. The van der Waals surface area contributed by atoms with E-state index in [-0.39, 0.29) is 35.6 Å². The molecule has 3 fully saturated rings. The standard InChI is InChI=1S/C18H23N3O4S/c1-25-5-4-21-16-15(17(23)20-18(21)24)11-7-10(14-3-2-6-26-14)8-13(22)12(11)9-19-16/h2-3,6,10-12,15-16,19H,4-5,7-9H2,1H3,(H,20,23,24). The highest BCUT2D eigenvalue weighted by atomic mass is 32.1. The summed E-state index contributed by atoms with van der Waals surface area (Å²) in [4.78, 5) is 40.5. The van der Waals surface area contributed by atoms with E-state index >= 15 is 0 Å². The number of thiophene rings is 1. The van der Waals surface area contributed by atoms with Gasteiger partial charge in [0.15, 0.2) is 0 Å². The van der Waals surface area contributed by atoms with Crippen molar-refractivity contribution in [1.29, 1.82) is 0 Å². The van der Waals surface area contributed by atoms with Crippen LogP contribution in [0.2, 0.25) is 0 Å². The van der Waals surface area contributed by atoms with Gasteiger partial charge in [0.2, 0.25) is 5.91 Å². The minimum Gasteiger partial charge on any atom is -0.383 e. The highest BCUT2D eigenvalue weighted by Crippen LogP contribution is 2.45. The molecule has 1 aromatic rings. The van der Waals surface area contributed by atoms with Gasteiger partial charge in [-0.3, -0.25) is 20.2 Å². The van der Waals surface area contributed by atoms with Gasteiger partial charge in [-0.25, -0.2) is 4.79 Å². The molecule has 2 aliphatic heterocycles. The minimum absolute atomic E-state index is 0.0484. The minimum atomic E-state index is -0.407. The number of urea groups is 1. The fourth-order valence-electron chi connectivity index (χ4n) is 4.68. The van der Waals surface area contributed by atoms with Crippen LogP contribution >= 0.6 is 11.3 Å². The lowest BCUT2D eigenvalue weighted by molar-refractivity contribution is -0.142. The van der Waals surface area contributed by atoms with Gasteiger partial charge in [-0.15, -0.1) is 11.3 Å². The summed E-state index contributed by atoms with van der Waals surface area (Å²) in [6, 6.07) is 3.67. The zero-order chi connectivity index (χ0) is 18.3. The third kappa shape index (κ3) is 2.95. The Balaban J connectivity index is 1.61. The van der Waals surface area contributed by atoms with Gasteiger partial charge in [-0.05, 0) is 23.8 Å². The summed E-state index contributed by atoms with van der Waals surface area (Å²) >= 11 is 1.66. The Labute approximate surface area is 156 Å². The van der Waals surface area contributed by atoms with Crippen LogP contribution in [0.15, 0.2) is 17.5 Å². The Morgan fingerprint density at radius 1 is 1.35 bits per heavy atom. The summed E-state index contributed by atoms with van der Waals surface area (Å²) in [6.45, 7) is 1.33. The Morgan fingerprint density at radius 3 is 2.92 bits per heavy atom. The van der Waals surface area contributed by atoms with Gasteiger partial charge >= 0.3 is 6.03 Å². The van der Waals surface area contributed by atoms with Crippen molar-refractivity contribution in [3.8, 4) is 0 Å². The van der Waals surface area contributed by atoms with E-state index in [0.29, 0.717) is 26.1 Å². The molecule has 1 saturated carbocycles. The van der Waals surface area contributed by atoms with Crippen molar-refractivity contribution in [2.24, 2.45) is 17.8 Å². The molecule has 5 atom stereocenters. The number of ketones is 1. The summed E-state index contributed by atoms with van der Waals surface area (Å²) in [5, 5.41) is 7.79. The van der Waals surface area contributed by atoms with E-state index in [4.69, 9.17) is 4.74 Å². The van der Waals surface area contributed by atoms with Crippen LogP contribution in [0.5, 0.6) is 0 Å². The third-order valence-electron chi connectivity index (χ3n) is 5.89. The van der Waals surface area contributed by atoms with Crippen molar-refractivity contribution in [3.05, 3.63) is 22.4 Å². The van der Waals surface area contributed by atoms with E-state index in [0.717, 1.165) is 6.42 Å². The average molecular weight is 377 g/mol. The van der Waals surface area contributed by atoms with E-state index in [2.05, 4.69) is 16.7 Å². The molecule has 5 unspecified atom stereocenters. The maximum atomic E-state index is 12.8. The molecule has 0 spiro atoms. The van der Waals surface area contributed by atoms with E-state index in [1.165, 1.54) is 4.88 Å². The van der Waals surface area contributed by atoms with E-state index < -0.39 is 11.9 Å². The van der Waals surface area contributed by atoms with Gasteiger partial charge in [0.05, 0.1) is 18.7 Å². The van der Waals surface area contributed by atoms with Crippen LogP contribution in [0, 0.1) is 17.8 Å². The molecule has 1 aliphatic carbocycles. The number of piperidine rings is 1. The van der Waals surface area contributed by atoms with Crippen LogP contribution in [0.25, 0.3) is 0 Å². The van der Waals surface area contributed by atoms with Crippen LogP contribution in [0.1, 0.15) is 23.6 Å². The Morgan fingerprint density at radius 2 is 2.19 bits per heavy atom. The first-order valence-corrected chi connectivity index (χ1v) is 9.88. The number of amides is 3. The molecule has 2 N–H and O–H groups in total. The molecule has 0 aromatic carbocycles. The number of Topliss-reactive ketones (excluding diaryl/α,β-unsaturated/α-hetero) is 1. The number of methoxy groups -OCH3 is 1. The maximum Gasteiger partial charge on any atom is 0.325 e. The van der Waals surface area contributed by atoms with Crippen molar-refractivity contribution in [2.45, 2.75) is 24.9 Å². The van der Waals surface area contributed by atoms with Gasteiger partial charge in [0.25, 0.3) is 0 Å². The predicted octanol–water partition coefficient (Wildman–Crippen LogP) is 1.17. The number of rotatable bonds is 4. The Kier molecular flexibility index (Phi) is 4.81. The topological polar surface area (TPSA) is 87.7 Å². The first kappa shape index (κ1) is 17.6. The predicted molar refractivity (Wildman–Crippen MR) is 95.7 cm³/mol. The lowest BCUT2D eigenvalue weighted by atomic mass is 9.64. The summed E-state index contributed by atoms with van der Waals surface area (Å²) in [6.07, 6.45) is 0.969. The second kappa shape index (κ2) is 7.09. The van der Waals surface area contributed by atoms with Crippen molar-refractivity contribution >= 4 is 29.1 Å². The molecule has 3 aliphatic rings. The smallest absolute Gasteiger partial charge is 0.325 e. The molecule has 3 heterocycles. The Bertz CT molecular complexity index is 707. The summed E-state index contributed by atoms with van der Waals surface area (Å²) in [5.41, 5.74) is 0. The highest BCUT2D eigenvalue weighted by molar-refractivity contribution is 7.10. The SMILES string of the molecule is COCCN1C(=O)NC(=O)C2C3CC(c4cccs4)CC(=O)C3CNC21. The van der Waals surface area contributed by atoms with Crippen LogP contribution in [-0.2, 0) is 14.3 Å². The lowest BCUT2D eigenvalue weighted by Gasteiger charge is -2.51. The number of hydrogen-bond donors (Lipinski definition) is 2. The molecule has 0 radical (unpaired) electrons. The van der Waals surface area contributed by atoms with Gasteiger partial charge in [0, 0.05) is 43.3 Å². The largest absolute Gasteiger partial charge is 0.383 e. The number of nitrogens with zero attached hydrogens (tertiary/aromatic N) is 1. The van der Waals surface area contributed by atoms with E-state index in [9.17, 15) is 14.4 Å². The first-order valence-electron chi connectivity index (χ1n) is 9.00. The van der Waals surface area contributed by atoms with Crippen LogP contribution in [0.4, 0.5) is 4.79 Å². The van der Waals surface area contributed by atoms with Crippen molar-refractivity contribution < 1.29 is 19.1 Å². The van der Waals surface area contributed by atoms with Crippen molar-refractivity contribution in [1.82, 2.24) is 15.5 Å². The van der Waals surface area contributed by atoms with Gasteiger partial charge < -0.3 is 9.64 Å². The van der Waals surface area contributed by atoms with Gasteiger partial charge in [0.1, 0.15) is 5.78 Å². The molecule has 2 saturated heterocycles. The zero-order valence-corrected chi connectivity index (χ0v) is 15.5. The van der Waals surface area contributed by atoms with E-state index in [1.807, 2.05) is 11.4 Å². The Hall–Kier alpha value is -1.77. The number of fused-ring (bicyclic) bond motifs is 3. The quantitative estimate of drug-likeness (QED) is 0.822. The number of carbonyl (C=O) groups excluding carboxylic acids is 3. The summed E-state index contributed by atoms with van der Waals surface area (Å²) < 4.78 is 5.10. The fraction of sp³-hybridized carbons (Fsp3) is 0.611. The molecular weight excluding hydrogens is 354 g/mol. The average Bonchev–Trinajstić information content (AvgIpc) is 3.15. The number of ether oxygens (including phenoxy) is 1. The van der Waals surface area contributed by atoms with Gasteiger partial charge in [-0.1, -0.05) is 6.07 Å². The molecule has 0 bridgehead atoms. The second-order valence-electron chi connectivity index (χ2n) is 7.25. The highest BCUT2D eigenvalue weighted by Gasteiger charge is 2.53. The number of carbonyl (C=O) groups is 3. The van der Waals surface area contributed by atoms with Crippen molar-refractivity contribution in [2.75, 3.05) is 26.8 Å². The van der Waals surface area contributed by atoms with Crippen LogP contribution in [-0.4, -0.2) is 55.6 Å². The van der Waals surface area contributed by atoms with Gasteiger partial charge in [-0.2, -0.15) is 0 Å². The molecule has 7 nitrogen and oxygen atoms in total. The van der Waals surface area contributed by atoms with Crippen LogP contribution < -0.4 is 10.6 Å². The normalized spacial score (nSPS) is 34.3. The summed E-state index contributed by atoms with van der Waals surface area (Å²) in [7, 11) is 1.58. The molecule has 140 valence electrons. The number of imide groups is 1. The van der Waals surface area contributed by atoms with E-state index in [1.54, 1.807) is 23.3 Å². The fourth-order valence-corrected chi connectivity index (χ4v) is 5.52. The molecule has 26 heavy (non-hydrogen) atoms. The molecular formula is C18H23N3O4S. The summed E-state index contributed by atoms with van der Waals surface area (Å²) in [5.74, 6) is -0.493. The third-order valence-corrected chi connectivity index (χ3v) is 6.93. The second-order valence-corrected chi connectivity index (χ2v) is 8.23. The zero-order valence-electron chi connectivity index (χ0n) is 14.6. The van der Waals surface area contributed by atoms with Crippen molar-refractivity contribution in [3.63, 3.8) is 0 Å². The monoisotopic (exact) mass is 377 g/mol. The first-order chi connectivity index (χ1) is 12.6. The van der Waals surface area contributed by atoms with Crippen LogP contribution in [0.3, 0.4) is 0 Å². The number of hydrogen-bond acceptors (Lipinski definition) is 6. The maximum absolute atomic E-state index is 12.8. The molecule has 3 amide bonds. The molecule has 8 heteroatoms. The number of nitrogens with one attached hydrogen (secondary N) is 2. The molecule has 1 aromatic heterocycles. The molecule has 4 rings (SSSR count).